The van der Waals surface area contributed by atoms with Gasteiger partial charge in [0, 0.05) is 25.5 Å². The summed E-state index contributed by atoms with van der Waals surface area (Å²) < 4.78 is 50.8. The summed E-state index contributed by atoms with van der Waals surface area (Å²) >= 11 is 6.00. The SMILES string of the molecule is CC(C)OC(=O)N1CCC(OCC(=O)c2cccn2-c2ncc(C(F)(F)F)cc2Cl)CC1. The number of nitrogens with zero attached hydrogens (tertiary/aromatic N) is 3. The van der Waals surface area contributed by atoms with Gasteiger partial charge in [0.2, 0.25) is 5.78 Å². The molecule has 0 unspecified atom stereocenters. The molecule has 2 aromatic heterocycles. The predicted molar refractivity (Wildman–Crippen MR) is 110 cm³/mol. The highest BCUT2D eigenvalue weighted by molar-refractivity contribution is 6.32. The number of carbonyl (C=O) groups is 2. The Balaban J connectivity index is 1.59. The van der Waals surface area contributed by atoms with Crippen LogP contribution < -0.4 is 0 Å². The molecule has 1 saturated heterocycles. The van der Waals surface area contributed by atoms with E-state index in [2.05, 4.69) is 4.98 Å². The molecule has 32 heavy (non-hydrogen) atoms. The average Bonchev–Trinajstić information content (AvgIpc) is 3.20. The van der Waals surface area contributed by atoms with Crippen molar-refractivity contribution < 1.29 is 32.2 Å². The summed E-state index contributed by atoms with van der Waals surface area (Å²) in [6.07, 6.45) is -2.04. The highest BCUT2D eigenvalue weighted by Gasteiger charge is 2.32. The molecular weight excluding hydrogens is 451 g/mol. The fourth-order valence-corrected chi connectivity index (χ4v) is 3.56. The van der Waals surface area contributed by atoms with Crippen LogP contribution in [0, 0.1) is 0 Å². The molecule has 3 heterocycles. The standard InChI is InChI=1S/C21H23ClF3N3O4/c1-13(2)32-20(30)27-8-5-15(6-9-27)31-12-18(29)17-4-3-7-28(17)19-16(22)10-14(11-26-19)21(23,24)25/h3-4,7,10-11,13,15H,5-6,8-9,12H2,1-2H3. The van der Waals surface area contributed by atoms with Crippen molar-refractivity contribution in [3.8, 4) is 5.82 Å². The van der Waals surface area contributed by atoms with Gasteiger partial charge in [-0.25, -0.2) is 9.78 Å². The summed E-state index contributed by atoms with van der Waals surface area (Å²) in [5.74, 6) is -0.348. The molecule has 1 fully saturated rings. The van der Waals surface area contributed by atoms with E-state index in [1.54, 1.807) is 24.8 Å². The van der Waals surface area contributed by atoms with Crippen LogP contribution in [0.3, 0.4) is 0 Å². The zero-order valence-corrected chi connectivity index (χ0v) is 18.3. The summed E-state index contributed by atoms with van der Waals surface area (Å²) in [6.45, 7) is 4.27. The third-order valence-electron chi connectivity index (χ3n) is 4.90. The molecule has 0 radical (unpaired) electrons. The summed E-state index contributed by atoms with van der Waals surface area (Å²) in [5, 5.41) is -0.230. The van der Waals surface area contributed by atoms with Gasteiger partial charge in [-0.3, -0.25) is 9.36 Å². The lowest BCUT2D eigenvalue weighted by atomic mass is 10.1. The lowest BCUT2D eigenvalue weighted by Crippen LogP contribution is -2.42. The number of Topliss-reactive ketones (excluding diaryl/α,β-unsaturated/α-hetero) is 1. The topological polar surface area (TPSA) is 73.7 Å². The largest absolute Gasteiger partial charge is 0.447 e. The van der Waals surface area contributed by atoms with Crippen molar-refractivity contribution in [2.75, 3.05) is 19.7 Å². The molecule has 0 saturated carbocycles. The molecule has 0 spiro atoms. The second-order valence-electron chi connectivity index (χ2n) is 7.64. The number of ether oxygens (including phenoxy) is 2. The Morgan fingerprint density at radius 2 is 1.97 bits per heavy atom. The monoisotopic (exact) mass is 473 g/mol. The van der Waals surface area contributed by atoms with Crippen molar-refractivity contribution in [1.82, 2.24) is 14.5 Å². The first-order valence-corrected chi connectivity index (χ1v) is 10.4. The van der Waals surface area contributed by atoms with Crippen LogP contribution in [0.5, 0.6) is 0 Å². The van der Waals surface area contributed by atoms with Crippen molar-refractivity contribution in [3.63, 3.8) is 0 Å². The molecule has 1 aliphatic rings. The number of hydrogen-bond acceptors (Lipinski definition) is 5. The Kier molecular flexibility index (Phi) is 7.45. The minimum absolute atomic E-state index is 0.0185. The highest BCUT2D eigenvalue weighted by Crippen LogP contribution is 2.32. The van der Waals surface area contributed by atoms with Crippen LogP contribution in [0.1, 0.15) is 42.7 Å². The lowest BCUT2D eigenvalue weighted by Gasteiger charge is -2.31. The Bertz CT molecular complexity index is 969. The van der Waals surface area contributed by atoms with E-state index >= 15 is 0 Å². The van der Waals surface area contributed by atoms with Gasteiger partial charge in [0.1, 0.15) is 6.61 Å². The quantitative estimate of drug-likeness (QED) is 0.566. The molecule has 7 nitrogen and oxygen atoms in total. The van der Waals surface area contributed by atoms with Crippen LogP contribution >= 0.6 is 11.6 Å². The van der Waals surface area contributed by atoms with E-state index in [0.717, 1.165) is 6.07 Å². The zero-order valence-electron chi connectivity index (χ0n) is 17.6. The van der Waals surface area contributed by atoms with Crippen LogP contribution in [0.25, 0.3) is 5.82 Å². The van der Waals surface area contributed by atoms with Crippen molar-refractivity contribution in [2.24, 2.45) is 0 Å². The van der Waals surface area contributed by atoms with Crippen molar-refractivity contribution in [3.05, 3.63) is 46.9 Å². The van der Waals surface area contributed by atoms with Gasteiger partial charge < -0.3 is 14.4 Å². The Labute approximate surface area is 188 Å². The summed E-state index contributed by atoms with van der Waals surface area (Å²) in [4.78, 5) is 30.0. The van der Waals surface area contributed by atoms with Crippen molar-refractivity contribution in [1.29, 1.82) is 0 Å². The number of amides is 1. The Morgan fingerprint density at radius 3 is 2.56 bits per heavy atom. The van der Waals surface area contributed by atoms with E-state index in [9.17, 15) is 22.8 Å². The number of halogens is 4. The number of ketones is 1. The molecule has 174 valence electrons. The molecule has 11 heteroatoms. The van der Waals surface area contributed by atoms with Crippen LogP contribution in [0.15, 0.2) is 30.6 Å². The second kappa shape index (κ2) is 9.91. The molecule has 0 atom stereocenters. The number of piperidine rings is 1. The fraction of sp³-hybridized carbons (Fsp3) is 0.476. The highest BCUT2D eigenvalue weighted by atomic mass is 35.5. The molecule has 3 rings (SSSR count). The second-order valence-corrected chi connectivity index (χ2v) is 8.05. The van der Waals surface area contributed by atoms with E-state index in [1.807, 2.05) is 0 Å². The first-order valence-electron chi connectivity index (χ1n) is 10.1. The summed E-state index contributed by atoms with van der Waals surface area (Å²) in [7, 11) is 0. The average molecular weight is 474 g/mol. The molecular formula is C21H23ClF3N3O4. The van der Waals surface area contributed by atoms with Crippen LogP contribution in [0.4, 0.5) is 18.0 Å². The number of carbonyl (C=O) groups excluding carboxylic acids is 2. The van der Waals surface area contributed by atoms with Crippen molar-refractivity contribution >= 4 is 23.5 Å². The van der Waals surface area contributed by atoms with Crippen molar-refractivity contribution in [2.45, 2.75) is 45.1 Å². The van der Waals surface area contributed by atoms with Gasteiger partial charge in [-0.05, 0) is 44.9 Å². The predicted octanol–water partition coefficient (Wildman–Crippen LogP) is 4.75. The maximum atomic E-state index is 12.8. The van der Waals surface area contributed by atoms with Gasteiger partial charge in [0.25, 0.3) is 0 Å². The minimum atomic E-state index is -4.57. The van der Waals surface area contributed by atoms with Gasteiger partial charge in [-0.15, -0.1) is 0 Å². The van der Waals surface area contributed by atoms with Crippen LogP contribution in [-0.2, 0) is 15.7 Å². The third kappa shape index (κ3) is 5.80. The number of aromatic nitrogens is 2. The first-order chi connectivity index (χ1) is 15.1. The third-order valence-corrected chi connectivity index (χ3v) is 5.18. The number of rotatable bonds is 6. The van der Waals surface area contributed by atoms with Gasteiger partial charge >= 0.3 is 12.3 Å². The summed E-state index contributed by atoms with van der Waals surface area (Å²) in [6, 6.07) is 3.86. The molecule has 0 bridgehead atoms. The molecule has 1 aliphatic heterocycles. The Hall–Kier alpha value is -2.59. The van der Waals surface area contributed by atoms with Gasteiger partial charge in [0.15, 0.2) is 5.82 Å². The molecule has 0 aromatic carbocycles. The zero-order chi connectivity index (χ0) is 23.5. The minimum Gasteiger partial charge on any atom is -0.447 e. The van der Waals surface area contributed by atoms with Crippen LogP contribution in [-0.4, -0.2) is 58.2 Å². The molecule has 0 N–H and O–H groups in total. The first kappa shape index (κ1) is 24.1. The van der Waals surface area contributed by atoms with Crippen LogP contribution in [0.2, 0.25) is 5.02 Å². The number of alkyl halides is 3. The van der Waals surface area contributed by atoms with E-state index in [0.29, 0.717) is 32.1 Å². The molecule has 1 amide bonds. The van der Waals surface area contributed by atoms with Gasteiger partial charge in [-0.1, -0.05) is 11.6 Å². The maximum absolute atomic E-state index is 12.8. The lowest BCUT2D eigenvalue weighted by molar-refractivity contribution is -0.137. The number of hydrogen-bond donors (Lipinski definition) is 0. The Morgan fingerprint density at radius 1 is 1.28 bits per heavy atom. The van der Waals surface area contributed by atoms with E-state index in [1.165, 1.54) is 16.8 Å². The van der Waals surface area contributed by atoms with E-state index in [-0.39, 0.29) is 47.2 Å². The normalized spacial score (nSPS) is 15.3. The van der Waals surface area contributed by atoms with E-state index < -0.39 is 11.7 Å². The number of likely N-dealkylation sites (tertiary alicyclic amines) is 1. The number of pyridine rings is 1. The maximum Gasteiger partial charge on any atom is 0.417 e. The molecule has 0 aliphatic carbocycles. The summed E-state index contributed by atoms with van der Waals surface area (Å²) in [5.41, 5.74) is -0.782. The fourth-order valence-electron chi connectivity index (χ4n) is 3.30. The smallest absolute Gasteiger partial charge is 0.417 e. The van der Waals surface area contributed by atoms with Gasteiger partial charge in [-0.2, -0.15) is 13.2 Å². The molecule has 2 aromatic rings. The van der Waals surface area contributed by atoms with Gasteiger partial charge in [0.05, 0.1) is 28.5 Å². The van der Waals surface area contributed by atoms with E-state index in [4.69, 9.17) is 21.1 Å².